The summed E-state index contributed by atoms with van der Waals surface area (Å²) in [5.74, 6) is 2.17. The zero-order chi connectivity index (χ0) is 11.4. The summed E-state index contributed by atoms with van der Waals surface area (Å²) in [4.78, 5) is 0. The lowest BCUT2D eigenvalue weighted by Crippen LogP contribution is -2.59. The van der Waals surface area contributed by atoms with E-state index < -0.39 is 37.3 Å². The maximum atomic E-state index is 9.59. The Labute approximate surface area is 87.1 Å². The summed E-state index contributed by atoms with van der Waals surface area (Å²) in [5, 5.41) is 37.1. The van der Waals surface area contributed by atoms with Crippen LogP contribution in [0, 0.1) is 12.3 Å². The largest absolute Gasteiger partial charge is 0.394 e. The Balaban J connectivity index is 2.67. The molecule has 1 fully saturated rings. The lowest BCUT2D eigenvalue weighted by atomic mass is 9.99. The van der Waals surface area contributed by atoms with Crippen LogP contribution in [0.2, 0.25) is 0 Å². The summed E-state index contributed by atoms with van der Waals surface area (Å²) in [5.41, 5.74) is 0. The molecule has 1 aliphatic rings. The van der Waals surface area contributed by atoms with Crippen LogP contribution in [0.25, 0.3) is 0 Å². The molecule has 6 heteroatoms. The van der Waals surface area contributed by atoms with Crippen LogP contribution < -0.4 is 0 Å². The molecule has 0 amide bonds. The predicted molar refractivity (Wildman–Crippen MR) is 48.6 cm³/mol. The monoisotopic (exact) mass is 218 g/mol. The van der Waals surface area contributed by atoms with Crippen LogP contribution in [-0.2, 0) is 9.47 Å². The summed E-state index contributed by atoms with van der Waals surface area (Å²) >= 11 is 0. The molecule has 0 bridgehead atoms. The van der Waals surface area contributed by atoms with Crippen LogP contribution in [0.15, 0.2) is 0 Å². The highest BCUT2D eigenvalue weighted by molar-refractivity contribution is 4.92. The third kappa shape index (κ3) is 2.66. The Kier molecular flexibility index (Phi) is 4.47. The fraction of sp³-hybridized carbons (Fsp3) is 0.778. The molecule has 0 spiro atoms. The Morgan fingerprint density at radius 2 is 1.93 bits per heavy atom. The summed E-state index contributed by atoms with van der Waals surface area (Å²) in [6, 6.07) is 0. The maximum Gasteiger partial charge on any atom is 0.184 e. The Morgan fingerprint density at radius 3 is 2.47 bits per heavy atom. The molecule has 15 heavy (non-hydrogen) atoms. The Bertz CT molecular complexity index is 237. The second-order valence-electron chi connectivity index (χ2n) is 3.21. The molecule has 1 aliphatic heterocycles. The van der Waals surface area contributed by atoms with E-state index in [0.717, 1.165) is 0 Å². The quantitative estimate of drug-likeness (QED) is 0.389. The fourth-order valence-corrected chi connectivity index (χ4v) is 1.41. The highest BCUT2D eigenvalue weighted by atomic mass is 16.6. The van der Waals surface area contributed by atoms with Crippen molar-refractivity contribution in [2.24, 2.45) is 0 Å². The first-order valence-electron chi connectivity index (χ1n) is 4.47. The molecule has 86 valence electrons. The number of hydrogen-bond acceptors (Lipinski definition) is 6. The Hall–Kier alpha value is -0.680. The van der Waals surface area contributed by atoms with Gasteiger partial charge in [0.05, 0.1) is 6.61 Å². The van der Waals surface area contributed by atoms with E-state index in [0.29, 0.717) is 0 Å². The highest BCUT2D eigenvalue weighted by Crippen LogP contribution is 2.21. The van der Waals surface area contributed by atoms with Crippen LogP contribution in [0.1, 0.15) is 0 Å². The van der Waals surface area contributed by atoms with E-state index in [1.807, 2.05) is 0 Å². The van der Waals surface area contributed by atoms with Crippen molar-refractivity contribution < 1.29 is 29.9 Å². The van der Waals surface area contributed by atoms with E-state index in [-0.39, 0.29) is 6.61 Å². The second-order valence-corrected chi connectivity index (χ2v) is 3.21. The van der Waals surface area contributed by atoms with Crippen molar-refractivity contribution >= 4 is 0 Å². The lowest BCUT2D eigenvalue weighted by Gasteiger charge is -2.39. The van der Waals surface area contributed by atoms with Gasteiger partial charge in [-0.25, -0.2) is 0 Å². The molecule has 1 rings (SSSR count). The van der Waals surface area contributed by atoms with Crippen LogP contribution in [0.5, 0.6) is 0 Å². The van der Waals surface area contributed by atoms with Gasteiger partial charge in [-0.05, 0) is 0 Å². The van der Waals surface area contributed by atoms with Crippen molar-refractivity contribution in [3.8, 4) is 12.3 Å². The van der Waals surface area contributed by atoms with E-state index in [2.05, 4.69) is 5.92 Å². The summed E-state index contributed by atoms with van der Waals surface area (Å²) in [6.45, 7) is -0.593. The van der Waals surface area contributed by atoms with Crippen molar-refractivity contribution in [2.45, 2.75) is 30.7 Å². The van der Waals surface area contributed by atoms with Gasteiger partial charge in [0.15, 0.2) is 6.29 Å². The first-order valence-corrected chi connectivity index (χ1v) is 4.47. The highest BCUT2D eigenvalue weighted by Gasteiger charge is 2.44. The van der Waals surface area contributed by atoms with Crippen molar-refractivity contribution in [2.75, 3.05) is 13.2 Å². The average molecular weight is 218 g/mol. The molecule has 6 nitrogen and oxygen atoms in total. The Morgan fingerprint density at radius 1 is 1.27 bits per heavy atom. The summed E-state index contributed by atoms with van der Waals surface area (Å²) in [7, 11) is 0. The first kappa shape index (κ1) is 12.4. The molecule has 0 aromatic rings. The molecule has 0 radical (unpaired) electrons. The van der Waals surface area contributed by atoms with E-state index in [4.69, 9.17) is 21.0 Å². The molecule has 5 atom stereocenters. The van der Waals surface area contributed by atoms with Crippen LogP contribution in [-0.4, -0.2) is 64.3 Å². The van der Waals surface area contributed by atoms with Gasteiger partial charge in [-0.15, -0.1) is 6.42 Å². The number of ether oxygens (including phenoxy) is 2. The van der Waals surface area contributed by atoms with Crippen molar-refractivity contribution in [1.82, 2.24) is 0 Å². The molecule has 0 unspecified atom stereocenters. The third-order valence-corrected chi connectivity index (χ3v) is 2.20. The predicted octanol–water partition coefficient (Wildman–Crippen LogP) is -2.56. The molecule has 0 aromatic heterocycles. The molecule has 1 saturated heterocycles. The minimum absolute atomic E-state index is 0.107. The molecular weight excluding hydrogens is 204 g/mol. The maximum absolute atomic E-state index is 9.59. The van der Waals surface area contributed by atoms with Gasteiger partial charge in [0.2, 0.25) is 0 Å². The van der Waals surface area contributed by atoms with Gasteiger partial charge in [-0.1, -0.05) is 5.92 Å². The number of hydrogen-bond donors (Lipinski definition) is 4. The smallest absolute Gasteiger partial charge is 0.184 e. The van der Waals surface area contributed by atoms with Gasteiger partial charge in [0.1, 0.15) is 31.0 Å². The molecule has 0 saturated carbocycles. The normalized spacial score (nSPS) is 41.1. The van der Waals surface area contributed by atoms with E-state index in [1.165, 1.54) is 0 Å². The first-order chi connectivity index (χ1) is 7.11. The molecular formula is C9H14O6. The molecule has 4 N–H and O–H groups in total. The zero-order valence-electron chi connectivity index (χ0n) is 7.98. The van der Waals surface area contributed by atoms with Crippen molar-refractivity contribution in [1.29, 1.82) is 0 Å². The van der Waals surface area contributed by atoms with Crippen molar-refractivity contribution in [3.05, 3.63) is 0 Å². The topological polar surface area (TPSA) is 99.4 Å². The fourth-order valence-electron chi connectivity index (χ4n) is 1.41. The molecule has 0 aliphatic carbocycles. The van der Waals surface area contributed by atoms with Gasteiger partial charge >= 0.3 is 0 Å². The van der Waals surface area contributed by atoms with E-state index >= 15 is 0 Å². The average Bonchev–Trinajstić information content (AvgIpc) is 2.23. The van der Waals surface area contributed by atoms with Crippen LogP contribution in [0.4, 0.5) is 0 Å². The minimum Gasteiger partial charge on any atom is -0.394 e. The lowest BCUT2D eigenvalue weighted by molar-refractivity contribution is -0.292. The van der Waals surface area contributed by atoms with Gasteiger partial charge in [-0.3, -0.25) is 0 Å². The van der Waals surface area contributed by atoms with E-state index in [9.17, 15) is 15.3 Å². The summed E-state index contributed by atoms with van der Waals surface area (Å²) < 4.78 is 9.72. The standard InChI is InChI=1S/C9H14O6/c1-2-3-14-8-6(11)5(4-10)15-9(13)7(8)12/h1,5-13H,3-4H2/t5-,6-,7+,8+,9+/m1/s1. The summed E-state index contributed by atoms with van der Waals surface area (Å²) in [6.07, 6.45) is -1.24. The van der Waals surface area contributed by atoms with Gasteiger partial charge < -0.3 is 29.9 Å². The molecule has 0 aromatic carbocycles. The number of terminal acetylenes is 1. The van der Waals surface area contributed by atoms with Crippen molar-refractivity contribution in [3.63, 3.8) is 0 Å². The van der Waals surface area contributed by atoms with E-state index in [1.54, 1.807) is 0 Å². The van der Waals surface area contributed by atoms with Gasteiger partial charge in [0, 0.05) is 0 Å². The zero-order valence-corrected chi connectivity index (χ0v) is 7.98. The number of aliphatic hydroxyl groups excluding tert-OH is 4. The third-order valence-electron chi connectivity index (χ3n) is 2.20. The second kappa shape index (κ2) is 5.42. The number of aliphatic hydroxyl groups is 4. The van der Waals surface area contributed by atoms with Crippen LogP contribution >= 0.6 is 0 Å². The van der Waals surface area contributed by atoms with Gasteiger partial charge in [-0.2, -0.15) is 0 Å². The minimum atomic E-state index is -1.51. The van der Waals surface area contributed by atoms with Crippen LogP contribution in [0.3, 0.4) is 0 Å². The number of rotatable bonds is 3. The van der Waals surface area contributed by atoms with Gasteiger partial charge in [0.25, 0.3) is 0 Å². The SMILES string of the molecule is C#CCO[C@@H]1[C@H](O)[C@@H](O)O[C@H](CO)[C@H]1O. The molecule has 1 heterocycles.